The van der Waals surface area contributed by atoms with Crippen LogP contribution in [0, 0.1) is 10.8 Å². The molecule has 0 bridgehead atoms. The summed E-state index contributed by atoms with van der Waals surface area (Å²) in [6.07, 6.45) is 17.8. The molecule has 0 aromatic rings. The molecular formula is C28H50O5S2. The molecule has 0 spiro atoms. The van der Waals surface area contributed by atoms with Crippen LogP contribution in [-0.4, -0.2) is 52.2 Å². The molecule has 2 heterocycles. The van der Waals surface area contributed by atoms with E-state index in [-0.39, 0.29) is 33.0 Å². The number of carboxylic acid groups (broad SMARTS) is 1. The lowest BCUT2D eigenvalue weighted by Gasteiger charge is -2.29. The minimum atomic E-state index is -0.912. The maximum absolute atomic E-state index is 13.2. The van der Waals surface area contributed by atoms with E-state index in [1.807, 2.05) is 0 Å². The van der Waals surface area contributed by atoms with Crippen molar-refractivity contribution in [1.29, 1.82) is 0 Å². The highest BCUT2D eigenvalue weighted by molar-refractivity contribution is 7.86. The number of aliphatic hydroxyl groups excluding tert-OH is 1. The van der Waals surface area contributed by atoms with Gasteiger partial charge in [0, 0.05) is 38.7 Å². The monoisotopic (exact) mass is 530 g/mol. The molecule has 0 aromatic heterocycles. The molecule has 0 amide bonds. The molecular weight excluding hydrogens is 480 g/mol. The summed E-state index contributed by atoms with van der Waals surface area (Å²) in [6, 6.07) is 0. The smallest absolute Gasteiger partial charge is 0.309 e. The number of aliphatic carboxylic acids is 1. The molecule has 2 saturated heterocycles. The fourth-order valence-corrected chi connectivity index (χ4v) is 9.14. The standard InChI is InChI=1S/C28H50O5S2/c1-27(2,21-29)19-7-5-11-22-13-9-15-24(34(22)32)17-18-25-16-10-14-23(35(25)33)12-6-8-20-28(3,4)26(30)31/h17-18,22-25,29H,5-16,19-21H2,1-4H3,(H,30,31)/b18-17+. The summed E-state index contributed by atoms with van der Waals surface area (Å²) >= 11 is 0. The fourth-order valence-electron chi connectivity index (χ4n) is 5.27. The molecule has 2 aliphatic heterocycles. The number of aliphatic hydroxyl groups is 1. The molecule has 6 atom stereocenters. The van der Waals surface area contributed by atoms with Gasteiger partial charge in [0.15, 0.2) is 0 Å². The molecule has 0 aromatic carbocycles. The normalized spacial score (nSPS) is 30.5. The number of carboxylic acids is 1. The van der Waals surface area contributed by atoms with Crippen LogP contribution in [0.4, 0.5) is 0 Å². The molecule has 2 N–H and O–H groups in total. The van der Waals surface area contributed by atoms with Crippen LogP contribution in [0.15, 0.2) is 12.2 Å². The molecule has 0 saturated carbocycles. The Hall–Kier alpha value is -0.530. The van der Waals surface area contributed by atoms with Crippen LogP contribution in [0.1, 0.15) is 118 Å². The lowest BCUT2D eigenvalue weighted by Crippen LogP contribution is -2.32. The van der Waals surface area contributed by atoms with Crippen LogP contribution >= 0.6 is 0 Å². The van der Waals surface area contributed by atoms with E-state index in [2.05, 4.69) is 26.0 Å². The molecule has 5 nitrogen and oxygen atoms in total. The summed E-state index contributed by atoms with van der Waals surface area (Å²) < 4.78 is 26.4. The lowest BCUT2D eigenvalue weighted by molar-refractivity contribution is -0.147. The summed E-state index contributed by atoms with van der Waals surface area (Å²) in [5.41, 5.74) is -0.722. The summed E-state index contributed by atoms with van der Waals surface area (Å²) in [6.45, 7) is 7.93. The van der Waals surface area contributed by atoms with Crippen molar-refractivity contribution in [2.24, 2.45) is 10.8 Å². The van der Waals surface area contributed by atoms with E-state index in [9.17, 15) is 23.4 Å². The van der Waals surface area contributed by atoms with Gasteiger partial charge in [-0.3, -0.25) is 13.2 Å². The lowest BCUT2D eigenvalue weighted by atomic mass is 9.87. The Morgan fingerprint density at radius 2 is 1.26 bits per heavy atom. The predicted molar refractivity (Wildman–Crippen MR) is 147 cm³/mol. The Morgan fingerprint density at radius 3 is 1.69 bits per heavy atom. The Balaban J connectivity index is 1.80. The van der Waals surface area contributed by atoms with Crippen LogP contribution in [0.3, 0.4) is 0 Å². The third-order valence-corrected chi connectivity index (χ3v) is 12.3. The quantitative estimate of drug-likeness (QED) is 0.208. The highest BCUT2D eigenvalue weighted by atomic mass is 32.2. The van der Waals surface area contributed by atoms with Crippen LogP contribution in [0.25, 0.3) is 0 Å². The number of hydrogen-bond acceptors (Lipinski definition) is 4. The maximum atomic E-state index is 13.2. The van der Waals surface area contributed by atoms with Crippen molar-refractivity contribution in [2.45, 2.75) is 139 Å². The van der Waals surface area contributed by atoms with Crippen molar-refractivity contribution in [2.75, 3.05) is 6.61 Å². The molecule has 204 valence electrons. The van der Waals surface area contributed by atoms with E-state index in [0.29, 0.717) is 6.42 Å². The largest absolute Gasteiger partial charge is 0.481 e. The Morgan fingerprint density at radius 1 is 0.800 bits per heavy atom. The number of unbranched alkanes of at least 4 members (excludes halogenated alkanes) is 2. The second-order valence-electron chi connectivity index (χ2n) is 12.2. The van der Waals surface area contributed by atoms with Gasteiger partial charge in [-0.2, -0.15) is 0 Å². The first-order valence-electron chi connectivity index (χ1n) is 13.8. The first-order valence-corrected chi connectivity index (χ1v) is 16.3. The number of carbonyl (C=O) groups is 1. The highest BCUT2D eigenvalue weighted by Gasteiger charge is 2.31. The SMILES string of the molecule is CC(C)(CO)CCCCC1CCCC(/C=C/C2CCCC(CCCCC(C)(C)C(=O)O)S2=O)S1=O. The van der Waals surface area contributed by atoms with Crippen molar-refractivity contribution in [1.82, 2.24) is 0 Å². The van der Waals surface area contributed by atoms with E-state index in [1.54, 1.807) is 13.8 Å². The second-order valence-corrected chi connectivity index (χ2v) is 16.1. The van der Waals surface area contributed by atoms with Crippen LogP contribution in [0.2, 0.25) is 0 Å². The number of hydrogen-bond donors (Lipinski definition) is 2. The van der Waals surface area contributed by atoms with Gasteiger partial charge in [0.05, 0.1) is 15.9 Å². The van der Waals surface area contributed by atoms with Crippen molar-refractivity contribution in [3.8, 4) is 0 Å². The van der Waals surface area contributed by atoms with Crippen molar-refractivity contribution in [3.05, 3.63) is 12.2 Å². The van der Waals surface area contributed by atoms with Crippen molar-refractivity contribution in [3.63, 3.8) is 0 Å². The average molecular weight is 531 g/mol. The summed E-state index contributed by atoms with van der Waals surface area (Å²) in [5, 5.41) is 19.3. The fraction of sp³-hybridized carbons (Fsp3) is 0.893. The first-order chi connectivity index (χ1) is 16.5. The maximum Gasteiger partial charge on any atom is 0.309 e. The molecule has 2 aliphatic rings. The Bertz CT molecular complexity index is 746. The van der Waals surface area contributed by atoms with Gasteiger partial charge in [-0.25, -0.2) is 0 Å². The van der Waals surface area contributed by atoms with E-state index < -0.39 is 33.0 Å². The Labute approximate surface area is 218 Å². The van der Waals surface area contributed by atoms with Crippen molar-refractivity contribution >= 4 is 27.6 Å². The van der Waals surface area contributed by atoms with Gasteiger partial charge in [0.1, 0.15) is 0 Å². The minimum Gasteiger partial charge on any atom is -0.481 e. The predicted octanol–water partition coefficient (Wildman–Crippen LogP) is 6.13. The number of rotatable bonds is 14. The summed E-state index contributed by atoms with van der Waals surface area (Å²) in [5.74, 6) is -0.753. The van der Waals surface area contributed by atoms with E-state index in [1.165, 1.54) is 0 Å². The van der Waals surface area contributed by atoms with Gasteiger partial charge >= 0.3 is 5.97 Å². The second kappa shape index (κ2) is 14.4. The third-order valence-electron chi connectivity index (χ3n) is 8.04. The zero-order valence-corrected chi connectivity index (χ0v) is 24.1. The third kappa shape index (κ3) is 10.0. The molecule has 6 unspecified atom stereocenters. The van der Waals surface area contributed by atoms with Gasteiger partial charge in [-0.1, -0.05) is 64.5 Å². The highest BCUT2D eigenvalue weighted by Crippen LogP contribution is 2.32. The van der Waals surface area contributed by atoms with Crippen LogP contribution in [0.5, 0.6) is 0 Å². The molecule has 2 rings (SSSR count). The summed E-state index contributed by atoms with van der Waals surface area (Å²) in [7, 11) is -1.78. The van der Waals surface area contributed by atoms with Crippen LogP contribution in [-0.2, 0) is 26.4 Å². The van der Waals surface area contributed by atoms with E-state index >= 15 is 0 Å². The topological polar surface area (TPSA) is 91.7 Å². The molecule has 2 fully saturated rings. The van der Waals surface area contributed by atoms with Crippen molar-refractivity contribution < 1.29 is 23.4 Å². The molecule has 0 radical (unpaired) electrons. The van der Waals surface area contributed by atoms with Gasteiger partial charge in [0.25, 0.3) is 0 Å². The average Bonchev–Trinajstić information content (AvgIpc) is 2.81. The first kappa shape index (κ1) is 30.7. The van der Waals surface area contributed by atoms with Gasteiger partial charge in [-0.15, -0.1) is 0 Å². The zero-order chi connectivity index (χ0) is 26.1. The zero-order valence-electron chi connectivity index (χ0n) is 22.5. The van der Waals surface area contributed by atoms with Gasteiger partial charge in [-0.05, 0) is 70.6 Å². The molecule has 7 heteroatoms. The van der Waals surface area contributed by atoms with E-state index in [0.717, 1.165) is 83.5 Å². The minimum absolute atomic E-state index is 0.0282. The van der Waals surface area contributed by atoms with Gasteiger partial charge < -0.3 is 10.2 Å². The molecule has 35 heavy (non-hydrogen) atoms. The Kier molecular flexibility index (Phi) is 12.6. The molecule has 0 aliphatic carbocycles. The van der Waals surface area contributed by atoms with Gasteiger partial charge in [0.2, 0.25) is 0 Å². The van der Waals surface area contributed by atoms with Crippen LogP contribution < -0.4 is 0 Å². The summed E-state index contributed by atoms with van der Waals surface area (Å²) in [4.78, 5) is 11.3. The van der Waals surface area contributed by atoms with E-state index in [4.69, 9.17) is 0 Å².